The minimum absolute atomic E-state index is 0.0471. The normalized spacial score (nSPS) is 11.3. The van der Waals surface area contributed by atoms with Gasteiger partial charge in [0.15, 0.2) is 11.5 Å². The number of hydrogen-bond donors (Lipinski definition) is 0. The van der Waals surface area contributed by atoms with Crippen LogP contribution >= 0.6 is 0 Å². The third-order valence-electron chi connectivity index (χ3n) is 3.01. The van der Waals surface area contributed by atoms with E-state index in [9.17, 15) is 4.79 Å². The van der Waals surface area contributed by atoms with E-state index in [1.807, 2.05) is 44.2 Å². The molecule has 0 unspecified atom stereocenters. The number of carbonyl (C=O) groups excluding carboxylic acids is 1. The molecule has 4 nitrogen and oxygen atoms in total. The maximum Gasteiger partial charge on any atom is 0.187 e. The molecule has 2 aromatic rings. The quantitative estimate of drug-likeness (QED) is 0.790. The van der Waals surface area contributed by atoms with Crippen LogP contribution in [0.3, 0.4) is 0 Å². The van der Waals surface area contributed by atoms with Crippen molar-refractivity contribution < 1.29 is 4.79 Å². The lowest BCUT2D eigenvalue weighted by molar-refractivity contribution is 0.0933. The molecular formula is C15H19N3O. The summed E-state index contributed by atoms with van der Waals surface area (Å²) in [6.07, 6.45) is 0. The molecule has 0 aliphatic rings. The first-order valence-electron chi connectivity index (χ1n) is 6.57. The predicted molar refractivity (Wildman–Crippen MR) is 74.6 cm³/mol. The van der Waals surface area contributed by atoms with Crippen LogP contribution in [-0.4, -0.2) is 20.8 Å². The minimum atomic E-state index is -0.0709. The van der Waals surface area contributed by atoms with E-state index >= 15 is 0 Å². The number of aromatic nitrogens is 3. The molecule has 1 heterocycles. The van der Waals surface area contributed by atoms with Gasteiger partial charge < -0.3 is 0 Å². The van der Waals surface area contributed by atoms with Gasteiger partial charge in [0.25, 0.3) is 0 Å². The number of nitrogens with zero attached hydrogens (tertiary/aromatic N) is 3. The smallest absolute Gasteiger partial charge is 0.187 e. The van der Waals surface area contributed by atoms with E-state index in [1.165, 1.54) is 0 Å². The summed E-state index contributed by atoms with van der Waals surface area (Å²) >= 11 is 0. The molecule has 0 saturated carbocycles. The van der Waals surface area contributed by atoms with Crippen LogP contribution < -0.4 is 0 Å². The van der Waals surface area contributed by atoms with Crippen LogP contribution in [0.1, 0.15) is 49.8 Å². The number of benzene rings is 1. The SMILES string of the molecule is CC(C)C(=O)c1nnn(-c2ccccc2)c1C(C)C. The highest BCUT2D eigenvalue weighted by molar-refractivity contribution is 5.96. The Morgan fingerprint density at radius 1 is 1.11 bits per heavy atom. The zero-order chi connectivity index (χ0) is 14.0. The number of hydrogen-bond acceptors (Lipinski definition) is 3. The Balaban J connectivity index is 2.56. The number of Topliss-reactive ketones (excluding diaryl/α,β-unsaturated/α-hetero) is 1. The van der Waals surface area contributed by atoms with E-state index in [2.05, 4.69) is 24.2 Å². The van der Waals surface area contributed by atoms with E-state index in [1.54, 1.807) is 4.68 Å². The van der Waals surface area contributed by atoms with Gasteiger partial charge in [-0.05, 0) is 18.1 Å². The van der Waals surface area contributed by atoms with Crippen LogP contribution in [0.2, 0.25) is 0 Å². The van der Waals surface area contributed by atoms with Crippen LogP contribution in [0.4, 0.5) is 0 Å². The summed E-state index contributed by atoms with van der Waals surface area (Å²) in [5, 5.41) is 8.26. The second-order valence-electron chi connectivity index (χ2n) is 5.24. The lowest BCUT2D eigenvalue weighted by Crippen LogP contribution is -2.13. The molecule has 2 rings (SSSR count). The van der Waals surface area contributed by atoms with E-state index in [0.717, 1.165) is 11.4 Å². The zero-order valence-electron chi connectivity index (χ0n) is 11.8. The second-order valence-corrected chi connectivity index (χ2v) is 5.24. The molecule has 0 saturated heterocycles. The number of carbonyl (C=O) groups is 1. The average molecular weight is 257 g/mol. The first-order valence-corrected chi connectivity index (χ1v) is 6.57. The van der Waals surface area contributed by atoms with E-state index in [-0.39, 0.29) is 17.6 Å². The minimum Gasteiger partial charge on any atom is -0.292 e. The monoisotopic (exact) mass is 257 g/mol. The maximum absolute atomic E-state index is 12.2. The van der Waals surface area contributed by atoms with Crippen molar-refractivity contribution in [3.8, 4) is 5.69 Å². The van der Waals surface area contributed by atoms with Crippen molar-refractivity contribution in [3.63, 3.8) is 0 Å². The molecule has 100 valence electrons. The van der Waals surface area contributed by atoms with Gasteiger partial charge in [-0.3, -0.25) is 4.79 Å². The fourth-order valence-electron chi connectivity index (χ4n) is 2.02. The predicted octanol–water partition coefficient (Wildman–Crippen LogP) is 3.23. The average Bonchev–Trinajstić information content (AvgIpc) is 2.83. The van der Waals surface area contributed by atoms with Crippen molar-refractivity contribution in [1.29, 1.82) is 0 Å². The Morgan fingerprint density at radius 2 is 1.74 bits per heavy atom. The topological polar surface area (TPSA) is 47.8 Å². The number of rotatable bonds is 4. The lowest BCUT2D eigenvalue weighted by Gasteiger charge is -2.11. The summed E-state index contributed by atoms with van der Waals surface area (Å²) in [7, 11) is 0. The Kier molecular flexibility index (Phi) is 3.79. The van der Waals surface area contributed by atoms with E-state index < -0.39 is 0 Å². The van der Waals surface area contributed by atoms with Crippen molar-refractivity contribution in [2.75, 3.05) is 0 Å². The van der Waals surface area contributed by atoms with Gasteiger partial charge in [-0.1, -0.05) is 51.1 Å². The van der Waals surface area contributed by atoms with Gasteiger partial charge in [-0.15, -0.1) is 5.10 Å². The number of para-hydroxylation sites is 1. The third kappa shape index (κ3) is 2.57. The molecule has 0 fully saturated rings. The molecule has 1 aromatic carbocycles. The van der Waals surface area contributed by atoms with Gasteiger partial charge in [0.2, 0.25) is 0 Å². The Labute approximate surface area is 113 Å². The number of ketones is 1. The van der Waals surface area contributed by atoms with Crippen LogP contribution in [-0.2, 0) is 0 Å². The lowest BCUT2D eigenvalue weighted by atomic mass is 10.00. The summed E-state index contributed by atoms with van der Waals surface area (Å²) < 4.78 is 1.76. The Hall–Kier alpha value is -1.97. The van der Waals surface area contributed by atoms with Crippen molar-refractivity contribution in [2.24, 2.45) is 5.92 Å². The zero-order valence-corrected chi connectivity index (χ0v) is 11.8. The van der Waals surface area contributed by atoms with Gasteiger partial charge in [0.05, 0.1) is 11.4 Å². The first-order chi connectivity index (χ1) is 9.02. The van der Waals surface area contributed by atoms with Crippen molar-refractivity contribution in [2.45, 2.75) is 33.6 Å². The van der Waals surface area contributed by atoms with Gasteiger partial charge in [0.1, 0.15) is 0 Å². The van der Waals surface area contributed by atoms with Crippen LogP contribution in [0.25, 0.3) is 5.69 Å². The van der Waals surface area contributed by atoms with Gasteiger partial charge >= 0.3 is 0 Å². The molecule has 0 aliphatic carbocycles. The van der Waals surface area contributed by atoms with Crippen molar-refractivity contribution >= 4 is 5.78 Å². The van der Waals surface area contributed by atoms with Crippen LogP contribution in [0.5, 0.6) is 0 Å². The largest absolute Gasteiger partial charge is 0.292 e. The first kappa shape index (κ1) is 13.5. The highest BCUT2D eigenvalue weighted by Gasteiger charge is 2.24. The molecule has 0 N–H and O–H groups in total. The standard InChI is InChI=1S/C15H19N3O/c1-10(2)14-13(15(19)11(3)4)16-17-18(14)12-8-6-5-7-9-12/h5-11H,1-4H3. The summed E-state index contributed by atoms with van der Waals surface area (Å²) in [5.41, 5.74) is 2.31. The highest BCUT2D eigenvalue weighted by atomic mass is 16.1. The summed E-state index contributed by atoms with van der Waals surface area (Å²) in [4.78, 5) is 12.2. The summed E-state index contributed by atoms with van der Waals surface area (Å²) in [6.45, 7) is 7.87. The van der Waals surface area contributed by atoms with Gasteiger partial charge in [-0.25, -0.2) is 4.68 Å². The molecule has 0 spiro atoms. The van der Waals surface area contributed by atoms with E-state index in [0.29, 0.717) is 5.69 Å². The fourth-order valence-corrected chi connectivity index (χ4v) is 2.02. The molecular weight excluding hydrogens is 238 g/mol. The summed E-state index contributed by atoms with van der Waals surface area (Å²) in [6, 6.07) is 9.78. The van der Waals surface area contributed by atoms with Crippen molar-refractivity contribution in [1.82, 2.24) is 15.0 Å². The van der Waals surface area contributed by atoms with Crippen LogP contribution in [0.15, 0.2) is 30.3 Å². The van der Waals surface area contributed by atoms with Gasteiger partial charge in [0, 0.05) is 5.92 Å². The summed E-state index contributed by atoms with van der Waals surface area (Å²) in [5.74, 6) is 0.164. The molecule has 0 bridgehead atoms. The molecule has 0 amide bonds. The van der Waals surface area contributed by atoms with E-state index in [4.69, 9.17) is 0 Å². The Bertz CT molecular complexity index is 570. The third-order valence-corrected chi connectivity index (χ3v) is 3.01. The van der Waals surface area contributed by atoms with Crippen LogP contribution in [0, 0.1) is 5.92 Å². The fraction of sp³-hybridized carbons (Fsp3) is 0.400. The molecule has 19 heavy (non-hydrogen) atoms. The molecule has 0 atom stereocenters. The molecule has 1 aromatic heterocycles. The molecule has 0 radical (unpaired) electrons. The van der Waals surface area contributed by atoms with Gasteiger partial charge in [-0.2, -0.15) is 0 Å². The second kappa shape index (κ2) is 5.34. The van der Waals surface area contributed by atoms with Crippen molar-refractivity contribution in [3.05, 3.63) is 41.7 Å². The Morgan fingerprint density at radius 3 is 2.26 bits per heavy atom. The maximum atomic E-state index is 12.2. The highest BCUT2D eigenvalue weighted by Crippen LogP contribution is 2.23. The molecule has 0 aliphatic heterocycles. The molecule has 4 heteroatoms.